The lowest BCUT2D eigenvalue weighted by molar-refractivity contribution is 0.0695. The Morgan fingerprint density at radius 2 is 2.10 bits per heavy atom. The molecule has 1 atom stereocenters. The van der Waals surface area contributed by atoms with E-state index >= 15 is 0 Å². The lowest BCUT2D eigenvalue weighted by atomic mass is 10.1. The Morgan fingerprint density at radius 1 is 1.40 bits per heavy atom. The molecule has 0 saturated heterocycles. The molecule has 1 aromatic carbocycles. The van der Waals surface area contributed by atoms with E-state index in [9.17, 15) is 5.11 Å². The van der Waals surface area contributed by atoms with Crippen LogP contribution in [-0.4, -0.2) is 44.6 Å². The molecule has 0 heterocycles. The molecular weight excluding hydrogens is 276 g/mol. The molecule has 0 aliphatic rings. The van der Waals surface area contributed by atoms with Crippen LogP contribution in [0, 0.1) is 0 Å². The van der Waals surface area contributed by atoms with Crippen LogP contribution in [0.4, 0.5) is 5.69 Å². The highest BCUT2D eigenvalue weighted by Crippen LogP contribution is 2.27. The lowest BCUT2D eigenvalue weighted by Crippen LogP contribution is -2.33. The van der Waals surface area contributed by atoms with Gasteiger partial charge in [0.05, 0.1) is 12.7 Å². The Balaban J connectivity index is 2.84. The van der Waals surface area contributed by atoms with Crippen LogP contribution in [0.1, 0.15) is 19.4 Å². The second-order valence-electron chi connectivity index (χ2n) is 5.26. The van der Waals surface area contributed by atoms with Crippen molar-refractivity contribution in [3.8, 4) is 0 Å². The quantitative estimate of drug-likeness (QED) is 0.773. The van der Waals surface area contributed by atoms with Crippen LogP contribution in [0.5, 0.6) is 0 Å². The zero-order chi connectivity index (χ0) is 15.1. The number of anilines is 1. The molecular formula is C15H25ClN2O2. The average Bonchev–Trinajstić information content (AvgIpc) is 2.36. The predicted molar refractivity (Wildman–Crippen MR) is 84.6 cm³/mol. The standard InChI is InChI=1S/C15H25ClN2O2/c1-11(2)17-8-13-14(16)6-5-7-15(13)18(3)9-12(19)10-20-4/h5-7,11-12,17,19H,8-10H2,1-4H3. The normalized spacial score (nSPS) is 12.8. The summed E-state index contributed by atoms with van der Waals surface area (Å²) in [6.07, 6.45) is -0.519. The molecule has 4 nitrogen and oxygen atoms in total. The van der Waals surface area contributed by atoms with Crippen LogP contribution < -0.4 is 10.2 Å². The highest BCUT2D eigenvalue weighted by atomic mass is 35.5. The number of aliphatic hydroxyl groups excluding tert-OH is 1. The van der Waals surface area contributed by atoms with E-state index in [1.54, 1.807) is 7.11 Å². The third-order valence-corrected chi connectivity index (χ3v) is 3.39. The highest BCUT2D eigenvalue weighted by molar-refractivity contribution is 6.31. The molecule has 0 aliphatic carbocycles. The maximum absolute atomic E-state index is 9.84. The van der Waals surface area contributed by atoms with Crippen LogP contribution in [0.25, 0.3) is 0 Å². The Hall–Kier alpha value is -0.810. The molecule has 0 amide bonds. The molecule has 114 valence electrons. The minimum atomic E-state index is -0.519. The molecule has 20 heavy (non-hydrogen) atoms. The number of methoxy groups -OCH3 is 1. The summed E-state index contributed by atoms with van der Waals surface area (Å²) in [5.41, 5.74) is 2.08. The van der Waals surface area contributed by atoms with E-state index in [1.807, 2.05) is 30.1 Å². The molecule has 1 rings (SSSR count). The number of halogens is 1. The van der Waals surface area contributed by atoms with Gasteiger partial charge in [-0.2, -0.15) is 0 Å². The monoisotopic (exact) mass is 300 g/mol. The van der Waals surface area contributed by atoms with Crippen molar-refractivity contribution in [1.29, 1.82) is 0 Å². The summed E-state index contributed by atoms with van der Waals surface area (Å²) in [7, 11) is 3.53. The van der Waals surface area contributed by atoms with Crippen molar-refractivity contribution < 1.29 is 9.84 Å². The number of benzene rings is 1. The third kappa shape index (κ3) is 5.29. The fraction of sp³-hybridized carbons (Fsp3) is 0.600. The van der Waals surface area contributed by atoms with Gasteiger partial charge in [0.15, 0.2) is 0 Å². The smallest absolute Gasteiger partial charge is 0.0947 e. The van der Waals surface area contributed by atoms with Crippen molar-refractivity contribution in [2.45, 2.75) is 32.5 Å². The molecule has 0 fully saturated rings. The largest absolute Gasteiger partial charge is 0.389 e. The van der Waals surface area contributed by atoms with Gasteiger partial charge in [0.2, 0.25) is 0 Å². The summed E-state index contributed by atoms with van der Waals surface area (Å²) in [6.45, 7) is 5.73. The summed E-state index contributed by atoms with van der Waals surface area (Å²) in [4.78, 5) is 2.01. The van der Waals surface area contributed by atoms with Gasteiger partial charge in [-0.05, 0) is 12.1 Å². The van der Waals surface area contributed by atoms with Gasteiger partial charge in [-0.1, -0.05) is 31.5 Å². The first kappa shape index (κ1) is 17.2. The zero-order valence-electron chi connectivity index (χ0n) is 12.7. The van der Waals surface area contributed by atoms with Gasteiger partial charge in [-0.25, -0.2) is 0 Å². The second-order valence-corrected chi connectivity index (χ2v) is 5.67. The van der Waals surface area contributed by atoms with Gasteiger partial charge in [-0.15, -0.1) is 0 Å². The van der Waals surface area contributed by atoms with Gasteiger partial charge in [0, 0.05) is 49.6 Å². The molecule has 0 saturated carbocycles. The van der Waals surface area contributed by atoms with Crippen molar-refractivity contribution in [3.63, 3.8) is 0 Å². The molecule has 0 radical (unpaired) electrons. The van der Waals surface area contributed by atoms with Crippen molar-refractivity contribution in [3.05, 3.63) is 28.8 Å². The first-order valence-electron chi connectivity index (χ1n) is 6.84. The van der Waals surface area contributed by atoms with Crippen LogP contribution in [-0.2, 0) is 11.3 Å². The number of ether oxygens (including phenoxy) is 1. The highest BCUT2D eigenvalue weighted by Gasteiger charge is 2.14. The molecule has 0 spiro atoms. The number of hydrogen-bond donors (Lipinski definition) is 2. The van der Waals surface area contributed by atoms with E-state index in [2.05, 4.69) is 19.2 Å². The minimum absolute atomic E-state index is 0.324. The Kier molecular flexibility index (Phi) is 7.30. The molecule has 0 aromatic heterocycles. The van der Waals surface area contributed by atoms with Crippen molar-refractivity contribution >= 4 is 17.3 Å². The van der Waals surface area contributed by atoms with E-state index in [1.165, 1.54) is 0 Å². The summed E-state index contributed by atoms with van der Waals surface area (Å²) in [6, 6.07) is 6.23. The molecule has 0 aliphatic heterocycles. The van der Waals surface area contributed by atoms with E-state index < -0.39 is 6.10 Å². The number of aliphatic hydroxyl groups is 1. The van der Waals surface area contributed by atoms with Gasteiger partial charge in [0.25, 0.3) is 0 Å². The topological polar surface area (TPSA) is 44.7 Å². The van der Waals surface area contributed by atoms with Gasteiger partial charge < -0.3 is 20.1 Å². The third-order valence-electron chi connectivity index (χ3n) is 3.04. The first-order chi connectivity index (χ1) is 9.45. The van der Waals surface area contributed by atoms with Crippen molar-refractivity contribution in [2.24, 2.45) is 0 Å². The number of nitrogens with one attached hydrogen (secondary N) is 1. The number of rotatable bonds is 8. The maximum Gasteiger partial charge on any atom is 0.0947 e. The Bertz CT molecular complexity index is 413. The number of nitrogens with zero attached hydrogens (tertiary/aromatic N) is 1. The van der Waals surface area contributed by atoms with E-state index in [0.717, 1.165) is 16.3 Å². The Labute approximate surface area is 126 Å². The van der Waals surface area contributed by atoms with E-state index in [-0.39, 0.29) is 0 Å². The summed E-state index contributed by atoms with van der Waals surface area (Å²) in [5, 5.41) is 14.0. The zero-order valence-corrected chi connectivity index (χ0v) is 13.4. The van der Waals surface area contributed by atoms with Crippen molar-refractivity contribution in [2.75, 3.05) is 32.2 Å². The summed E-state index contributed by atoms with van der Waals surface area (Å²) in [5.74, 6) is 0. The van der Waals surface area contributed by atoms with Crippen LogP contribution in [0.3, 0.4) is 0 Å². The van der Waals surface area contributed by atoms with Gasteiger partial charge in [0.1, 0.15) is 0 Å². The second kappa shape index (κ2) is 8.47. The van der Waals surface area contributed by atoms with Crippen molar-refractivity contribution in [1.82, 2.24) is 5.32 Å². The fourth-order valence-electron chi connectivity index (χ4n) is 2.05. The predicted octanol–water partition coefficient (Wildman–Crippen LogP) is 2.28. The van der Waals surface area contributed by atoms with Gasteiger partial charge in [-0.3, -0.25) is 0 Å². The number of likely N-dealkylation sites (N-methyl/N-ethyl adjacent to an activating group) is 1. The summed E-state index contributed by atoms with van der Waals surface area (Å²) < 4.78 is 4.96. The molecule has 5 heteroatoms. The fourth-order valence-corrected chi connectivity index (χ4v) is 2.28. The average molecular weight is 301 g/mol. The van der Waals surface area contributed by atoms with Gasteiger partial charge >= 0.3 is 0 Å². The van der Waals surface area contributed by atoms with Crippen LogP contribution in [0.15, 0.2) is 18.2 Å². The van der Waals surface area contributed by atoms with E-state index in [4.69, 9.17) is 16.3 Å². The molecule has 1 unspecified atom stereocenters. The van der Waals surface area contributed by atoms with Crippen LogP contribution in [0.2, 0.25) is 5.02 Å². The maximum atomic E-state index is 9.84. The minimum Gasteiger partial charge on any atom is -0.389 e. The lowest BCUT2D eigenvalue weighted by Gasteiger charge is -2.26. The molecule has 0 bridgehead atoms. The van der Waals surface area contributed by atoms with E-state index in [0.29, 0.717) is 25.7 Å². The Morgan fingerprint density at radius 3 is 2.70 bits per heavy atom. The molecule has 2 N–H and O–H groups in total. The number of hydrogen-bond acceptors (Lipinski definition) is 4. The first-order valence-corrected chi connectivity index (χ1v) is 7.22. The summed E-state index contributed by atoms with van der Waals surface area (Å²) >= 11 is 6.30. The van der Waals surface area contributed by atoms with Crippen LogP contribution >= 0.6 is 11.6 Å². The molecule has 1 aromatic rings. The SMILES string of the molecule is COCC(O)CN(C)c1cccc(Cl)c1CNC(C)C.